The summed E-state index contributed by atoms with van der Waals surface area (Å²) in [6, 6.07) is 2.01. The van der Waals surface area contributed by atoms with Crippen molar-refractivity contribution in [3.63, 3.8) is 0 Å². The summed E-state index contributed by atoms with van der Waals surface area (Å²) in [5, 5.41) is 0. The third-order valence-corrected chi connectivity index (χ3v) is 1.77. The Kier molecular flexibility index (Phi) is 2.63. The second kappa shape index (κ2) is 3.52. The van der Waals surface area contributed by atoms with Crippen LogP contribution in [0, 0.1) is 0 Å². The third kappa shape index (κ3) is 1.94. The van der Waals surface area contributed by atoms with E-state index >= 15 is 0 Å². The molecule has 0 bridgehead atoms. The van der Waals surface area contributed by atoms with Crippen LogP contribution in [-0.2, 0) is 6.42 Å². The van der Waals surface area contributed by atoms with Crippen LogP contribution in [0.25, 0.3) is 0 Å². The van der Waals surface area contributed by atoms with Gasteiger partial charge >= 0.3 is 0 Å². The van der Waals surface area contributed by atoms with E-state index in [1.165, 1.54) is 0 Å². The average Bonchev–Trinajstić information content (AvgIpc) is 2.03. The molecule has 0 aliphatic rings. The lowest BCUT2D eigenvalue weighted by atomic mass is 10.1. The fraction of sp³-hybridized carbons (Fsp3) is 0.556. The number of aromatic nitrogens is 2. The van der Waals surface area contributed by atoms with E-state index in [2.05, 4.69) is 30.7 Å². The van der Waals surface area contributed by atoms with Gasteiger partial charge in [-0.25, -0.2) is 9.97 Å². The molecule has 12 heavy (non-hydrogen) atoms. The van der Waals surface area contributed by atoms with Crippen molar-refractivity contribution in [2.24, 2.45) is 0 Å². The number of hydrogen-bond acceptors (Lipinski definition) is 3. The molecule has 3 heteroatoms. The fourth-order valence-corrected chi connectivity index (χ4v) is 1.02. The Morgan fingerprint density at radius 3 is 2.58 bits per heavy atom. The van der Waals surface area contributed by atoms with Crippen molar-refractivity contribution in [1.82, 2.24) is 9.97 Å². The zero-order valence-corrected chi connectivity index (χ0v) is 7.83. The first-order valence-corrected chi connectivity index (χ1v) is 4.26. The average molecular weight is 165 g/mol. The molecule has 1 aromatic rings. The molecule has 0 unspecified atom stereocenters. The van der Waals surface area contributed by atoms with Gasteiger partial charge in [0.1, 0.15) is 0 Å². The molecule has 3 nitrogen and oxygen atoms in total. The van der Waals surface area contributed by atoms with Crippen molar-refractivity contribution in [2.75, 3.05) is 5.73 Å². The van der Waals surface area contributed by atoms with Crippen LogP contribution in [0.1, 0.15) is 38.1 Å². The molecule has 0 atom stereocenters. The summed E-state index contributed by atoms with van der Waals surface area (Å²) in [6.45, 7) is 6.26. The largest absolute Gasteiger partial charge is 0.368 e. The van der Waals surface area contributed by atoms with E-state index < -0.39 is 0 Å². The molecule has 1 rings (SSSR count). The van der Waals surface area contributed by atoms with Crippen molar-refractivity contribution in [3.8, 4) is 0 Å². The van der Waals surface area contributed by atoms with Crippen molar-refractivity contribution < 1.29 is 0 Å². The van der Waals surface area contributed by atoms with Crippen LogP contribution in [0.15, 0.2) is 6.07 Å². The minimum absolute atomic E-state index is 0.387. The summed E-state index contributed by atoms with van der Waals surface area (Å²) in [6.07, 6.45) is 0.909. The highest BCUT2D eigenvalue weighted by Gasteiger charge is 2.03. The number of hydrogen-bond donors (Lipinski definition) is 1. The van der Waals surface area contributed by atoms with E-state index in [-0.39, 0.29) is 0 Å². The van der Waals surface area contributed by atoms with E-state index in [0.29, 0.717) is 11.9 Å². The number of nitrogens with zero attached hydrogens (tertiary/aromatic N) is 2. The SMILES string of the molecule is CCc1cc(C(C)C)nc(N)n1. The second-order valence-corrected chi connectivity index (χ2v) is 3.15. The predicted octanol–water partition coefficient (Wildman–Crippen LogP) is 1.74. The minimum Gasteiger partial charge on any atom is -0.368 e. The summed E-state index contributed by atoms with van der Waals surface area (Å²) in [5.74, 6) is 0.804. The molecule has 0 amide bonds. The van der Waals surface area contributed by atoms with Crippen LogP contribution in [0.2, 0.25) is 0 Å². The Hall–Kier alpha value is -1.12. The van der Waals surface area contributed by atoms with Crippen LogP contribution < -0.4 is 5.73 Å². The van der Waals surface area contributed by atoms with Crippen LogP contribution in [0.3, 0.4) is 0 Å². The molecule has 2 N–H and O–H groups in total. The zero-order valence-electron chi connectivity index (χ0n) is 7.83. The first-order valence-electron chi connectivity index (χ1n) is 4.26. The number of nitrogen functional groups attached to an aromatic ring is 1. The van der Waals surface area contributed by atoms with Gasteiger partial charge in [-0.15, -0.1) is 0 Å². The third-order valence-electron chi connectivity index (χ3n) is 1.77. The van der Waals surface area contributed by atoms with E-state index in [9.17, 15) is 0 Å². The number of nitrogens with two attached hydrogens (primary N) is 1. The number of aryl methyl sites for hydroxylation is 1. The number of rotatable bonds is 2. The maximum atomic E-state index is 5.55. The van der Waals surface area contributed by atoms with Gasteiger partial charge in [-0.1, -0.05) is 20.8 Å². The first kappa shape index (κ1) is 8.97. The van der Waals surface area contributed by atoms with E-state index in [1.54, 1.807) is 0 Å². The topological polar surface area (TPSA) is 51.8 Å². The van der Waals surface area contributed by atoms with E-state index in [1.807, 2.05) is 6.07 Å². The van der Waals surface area contributed by atoms with Crippen molar-refractivity contribution in [2.45, 2.75) is 33.1 Å². The Bertz CT molecular complexity index is 268. The van der Waals surface area contributed by atoms with Gasteiger partial charge in [0.2, 0.25) is 5.95 Å². The highest BCUT2D eigenvalue weighted by atomic mass is 15.0. The Morgan fingerprint density at radius 1 is 1.42 bits per heavy atom. The van der Waals surface area contributed by atoms with Crippen LogP contribution >= 0.6 is 0 Å². The van der Waals surface area contributed by atoms with Gasteiger partial charge < -0.3 is 5.73 Å². The molecule has 1 aromatic heterocycles. The normalized spacial score (nSPS) is 10.7. The van der Waals surface area contributed by atoms with Crippen molar-refractivity contribution in [1.29, 1.82) is 0 Å². The van der Waals surface area contributed by atoms with Gasteiger partial charge in [-0.2, -0.15) is 0 Å². The molecule has 0 aliphatic heterocycles. The second-order valence-electron chi connectivity index (χ2n) is 3.15. The monoisotopic (exact) mass is 165 g/mol. The Balaban J connectivity index is 3.06. The van der Waals surface area contributed by atoms with Crippen molar-refractivity contribution in [3.05, 3.63) is 17.5 Å². The molecular weight excluding hydrogens is 150 g/mol. The highest BCUT2D eigenvalue weighted by Crippen LogP contribution is 2.13. The lowest BCUT2D eigenvalue weighted by Gasteiger charge is -2.06. The smallest absolute Gasteiger partial charge is 0.220 e. The molecular formula is C9H15N3. The zero-order chi connectivity index (χ0) is 9.14. The lowest BCUT2D eigenvalue weighted by molar-refractivity contribution is 0.807. The molecule has 0 spiro atoms. The summed E-state index contributed by atoms with van der Waals surface area (Å²) in [4.78, 5) is 8.25. The maximum Gasteiger partial charge on any atom is 0.220 e. The van der Waals surface area contributed by atoms with Crippen LogP contribution in [-0.4, -0.2) is 9.97 Å². The molecule has 1 heterocycles. The van der Waals surface area contributed by atoms with Crippen molar-refractivity contribution >= 4 is 5.95 Å². The summed E-state index contributed by atoms with van der Waals surface area (Å²) >= 11 is 0. The lowest BCUT2D eigenvalue weighted by Crippen LogP contribution is -2.03. The van der Waals surface area contributed by atoms with Gasteiger partial charge in [0, 0.05) is 11.4 Å². The molecule has 0 saturated carbocycles. The molecule has 0 saturated heterocycles. The molecule has 66 valence electrons. The van der Waals surface area contributed by atoms with E-state index in [4.69, 9.17) is 5.73 Å². The highest BCUT2D eigenvalue weighted by molar-refractivity contribution is 5.24. The summed E-state index contributed by atoms with van der Waals surface area (Å²) < 4.78 is 0. The van der Waals surface area contributed by atoms with Crippen LogP contribution in [0.5, 0.6) is 0 Å². The van der Waals surface area contributed by atoms with Gasteiger partial charge in [0.05, 0.1) is 0 Å². The van der Waals surface area contributed by atoms with Gasteiger partial charge in [-0.05, 0) is 18.4 Å². The predicted molar refractivity (Wildman–Crippen MR) is 49.9 cm³/mol. The maximum absolute atomic E-state index is 5.55. The summed E-state index contributed by atoms with van der Waals surface area (Å²) in [5.41, 5.74) is 7.60. The molecule has 0 radical (unpaired) electrons. The standard InChI is InChI=1S/C9H15N3/c1-4-7-5-8(6(2)3)12-9(10)11-7/h5-6H,4H2,1-3H3,(H2,10,11,12). The summed E-state index contributed by atoms with van der Waals surface area (Å²) in [7, 11) is 0. The first-order chi connectivity index (χ1) is 5.63. The Morgan fingerprint density at radius 2 is 2.08 bits per heavy atom. The Labute approximate surface area is 73.0 Å². The number of anilines is 1. The van der Waals surface area contributed by atoms with Crippen LogP contribution in [0.4, 0.5) is 5.95 Å². The van der Waals surface area contributed by atoms with Gasteiger partial charge in [0.15, 0.2) is 0 Å². The van der Waals surface area contributed by atoms with E-state index in [0.717, 1.165) is 17.8 Å². The minimum atomic E-state index is 0.387. The van der Waals surface area contributed by atoms with Gasteiger partial charge in [0.25, 0.3) is 0 Å². The molecule has 0 aromatic carbocycles. The molecule has 0 aliphatic carbocycles. The molecule has 0 fully saturated rings. The van der Waals surface area contributed by atoms with Gasteiger partial charge in [-0.3, -0.25) is 0 Å². The quantitative estimate of drug-likeness (QED) is 0.726. The fourth-order valence-electron chi connectivity index (χ4n) is 1.02.